The number of rotatable bonds is 11. The van der Waals surface area contributed by atoms with Crippen molar-refractivity contribution in [3.8, 4) is 17.0 Å². The Kier molecular flexibility index (Phi) is 9.09. The number of methoxy groups -OCH3 is 1. The van der Waals surface area contributed by atoms with Crippen LogP contribution in [0.2, 0.25) is 0 Å². The summed E-state index contributed by atoms with van der Waals surface area (Å²) in [6, 6.07) is 15.3. The van der Waals surface area contributed by atoms with Crippen LogP contribution in [-0.4, -0.2) is 59.2 Å². The number of benzene rings is 3. The van der Waals surface area contributed by atoms with E-state index in [2.05, 4.69) is 0 Å². The minimum Gasteiger partial charge on any atom is -0.497 e. The van der Waals surface area contributed by atoms with E-state index in [1.165, 1.54) is 43.5 Å². The Morgan fingerprint density at radius 2 is 1.12 bits per heavy atom. The van der Waals surface area contributed by atoms with Gasteiger partial charge in [0.1, 0.15) is 5.75 Å². The molecule has 0 amide bonds. The summed E-state index contributed by atoms with van der Waals surface area (Å²) < 4.78 is 216. The van der Waals surface area contributed by atoms with Gasteiger partial charge in [0.2, 0.25) is 5.78 Å². The first-order chi connectivity index (χ1) is 22.3. The van der Waals surface area contributed by atoms with Crippen LogP contribution in [0, 0.1) is 6.92 Å². The number of Topliss-reactive ketones (excluding diaryl/α,β-unsaturated/α-hetero) is 1. The van der Waals surface area contributed by atoms with Crippen molar-refractivity contribution in [2.24, 2.45) is 0 Å². The Bertz CT molecular complexity index is 1840. The Morgan fingerprint density at radius 1 is 0.633 bits per heavy atom. The summed E-state index contributed by atoms with van der Waals surface area (Å²) in [7, 11) is 1.21. The van der Waals surface area contributed by atoms with Gasteiger partial charge in [0, 0.05) is 17.4 Å². The zero-order chi connectivity index (χ0) is 37.2. The van der Waals surface area contributed by atoms with Crippen LogP contribution in [0.25, 0.3) is 22.2 Å². The van der Waals surface area contributed by atoms with Crippen molar-refractivity contribution >= 4 is 16.7 Å². The fourth-order valence-electron chi connectivity index (χ4n) is 4.89. The average Bonchev–Trinajstić information content (AvgIpc) is 3.34. The lowest BCUT2D eigenvalue weighted by Crippen LogP contribution is -2.73. The molecule has 18 heteroatoms. The number of ketones is 1. The van der Waals surface area contributed by atoms with Crippen LogP contribution in [0.1, 0.15) is 21.5 Å². The lowest BCUT2D eigenvalue weighted by atomic mass is 9.87. The second kappa shape index (κ2) is 11.9. The number of aromatic nitrogens is 1. The van der Waals surface area contributed by atoms with Crippen molar-refractivity contribution in [1.29, 1.82) is 0 Å². The molecule has 3 nitrogen and oxygen atoms in total. The summed E-state index contributed by atoms with van der Waals surface area (Å²) in [4.78, 5) is 13.4. The van der Waals surface area contributed by atoms with E-state index in [9.17, 15) is 61.9 Å². The topological polar surface area (TPSA) is 31.2 Å². The molecule has 0 fully saturated rings. The quantitative estimate of drug-likeness (QED) is 0.114. The highest BCUT2D eigenvalue weighted by molar-refractivity contribution is 6.17. The van der Waals surface area contributed by atoms with Crippen LogP contribution < -0.4 is 4.74 Å². The number of fused-ring (bicyclic) bond motifs is 1. The summed E-state index contributed by atoms with van der Waals surface area (Å²) in [5.74, 6) is -51.9. The molecule has 3 aromatic carbocycles. The molecule has 0 bridgehead atoms. The van der Waals surface area contributed by atoms with Gasteiger partial charge in [0.05, 0.1) is 18.4 Å². The third-order valence-corrected chi connectivity index (χ3v) is 7.64. The fourth-order valence-corrected chi connectivity index (χ4v) is 4.89. The van der Waals surface area contributed by atoms with E-state index < -0.39 is 64.1 Å². The van der Waals surface area contributed by atoms with Crippen LogP contribution in [0.15, 0.2) is 72.8 Å². The van der Waals surface area contributed by atoms with Crippen LogP contribution in [0.5, 0.6) is 5.75 Å². The van der Waals surface area contributed by atoms with Gasteiger partial charge in [-0.05, 0) is 48.4 Å². The van der Waals surface area contributed by atoms with Crippen molar-refractivity contribution in [2.75, 3.05) is 7.11 Å². The number of aryl methyl sites for hydroxylation is 1. The number of para-hydroxylation sites is 1. The average molecular weight is 723 g/mol. The molecule has 4 aromatic rings. The highest BCUT2D eigenvalue weighted by atomic mass is 19.4. The van der Waals surface area contributed by atoms with E-state index in [1.54, 1.807) is 19.1 Å². The van der Waals surface area contributed by atoms with Crippen LogP contribution in [0.3, 0.4) is 0 Å². The Hall–Kier alpha value is -4.38. The highest BCUT2D eigenvalue weighted by Gasteiger charge is 2.94. The van der Waals surface area contributed by atoms with Crippen LogP contribution in [-0.2, 0) is 6.54 Å². The van der Waals surface area contributed by atoms with Gasteiger partial charge in [-0.15, -0.1) is 0 Å². The lowest BCUT2D eigenvalue weighted by molar-refractivity contribution is -0.449. The maximum Gasteiger partial charge on any atom is 0.460 e. The Balaban J connectivity index is 1.98. The maximum absolute atomic E-state index is 15.5. The number of halogens is 15. The van der Waals surface area contributed by atoms with Gasteiger partial charge >= 0.3 is 41.7 Å². The van der Waals surface area contributed by atoms with Gasteiger partial charge in [-0.2, -0.15) is 65.9 Å². The van der Waals surface area contributed by atoms with Crippen LogP contribution >= 0.6 is 0 Å². The standard InChI is InChI=1S/C31H20F15NO2/c1-16-7-9-17(10-8-16)15-47-21-6-4-3-5-20(21)22(23(47)18-11-13-19(49-2)14-12-18)24(48)25(32,33)26(34,35)27(36,37)28(38,39)29(40,41)30(42,43)31(44,45)46/h3-14H,15H2,1-2H3. The summed E-state index contributed by atoms with van der Waals surface area (Å²) >= 11 is 0. The maximum atomic E-state index is 15.5. The summed E-state index contributed by atoms with van der Waals surface area (Å²) in [5, 5.41) is -0.662. The third-order valence-electron chi connectivity index (χ3n) is 7.64. The second-order valence-corrected chi connectivity index (χ2v) is 10.8. The molecule has 0 aliphatic heterocycles. The molecule has 1 aromatic heterocycles. The molecular formula is C31H20F15NO2. The molecule has 0 saturated heterocycles. The van der Waals surface area contributed by atoms with E-state index in [0.717, 1.165) is 34.4 Å². The van der Waals surface area contributed by atoms with Gasteiger partial charge in [-0.1, -0.05) is 48.0 Å². The molecule has 49 heavy (non-hydrogen) atoms. The summed E-state index contributed by atoms with van der Waals surface area (Å²) in [5.41, 5.74) is -1.51. The van der Waals surface area contributed by atoms with E-state index in [1.807, 2.05) is 0 Å². The zero-order valence-electron chi connectivity index (χ0n) is 24.6. The predicted molar refractivity (Wildman–Crippen MR) is 144 cm³/mol. The predicted octanol–water partition coefficient (Wildman–Crippen LogP) is 10.2. The summed E-state index contributed by atoms with van der Waals surface area (Å²) in [6.07, 6.45) is -7.74. The van der Waals surface area contributed by atoms with Crippen molar-refractivity contribution < 1.29 is 75.4 Å². The first kappa shape index (κ1) is 37.4. The molecule has 0 aliphatic rings. The second-order valence-electron chi connectivity index (χ2n) is 10.8. The minimum atomic E-state index is -8.52. The fraction of sp³-hybridized carbons (Fsp3) is 0.323. The smallest absolute Gasteiger partial charge is 0.460 e. The number of alkyl halides is 15. The number of hydrogen-bond donors (Lipinski definition) is 0. The Morgan fingerprint density at radius 3 is 1.63 bits per heavy atom. The SMILES string of the molecule is COc1ccc(-c2c(C(=O)C(F)(F)C(F)(F)C(F)(F)C(F)(F)C(F)(F)C(F)(F)C(F)(F)F)c3ccccc3n2Cc2ccc(C)cc2)cc1. The van der Waals surface area contributed by atoms with Crippen molar-refractivity contribution in [3.05, 3.63) is 89.5 Å². The van der Waals surface area contributed by atoms with E-state index in [0.29, 0.717) is 5.56 Å². The number of nitrogens with zero attached hydrogens (tertiary/aromatic N) is 1. The highest BCUT2D eigenvalue weighted by Crippen LogP contribution is 2.63. The molecule has 0 atom stereocenters. The number of ether oxygens (including phenoxy) is 1. The van der Waals surface area contributed by atoms with Crippen LogP contribution in [0.4, 0.5) is 65.9 Å². The summed E-state index contributed by atoms with van der Waals surface area (Å²) in [6.45, 7) is 1.38. The molecule has 0 radical (unpaired) electrons. The number of carbonyl (C=O) groups excluding carboxylic acids is 1. The molecule has 0 unspecified atom stereocenters. The lowest BCUT2D eigenvalue weighted by Gasteiger charge is -2.41. The third kappa shape index (κ3) is 5.56. The monoisotopic (exact) mass is 723 g/mol. The molecule has 266 valence electrons. The first-order valence-electron chi connectivity index (χ1n) is 13.5. The molecular weight excluding hydrogens is 703 g/mol. The van der Waals surface area contributed by atoms with Gasteiger partial charge in [-0.25, -0.2) is 0 Å². The molecule has 0 spiro atoms. The largest absolute Gasteiger partial charge is 0.497 e. The van der Waals surface area contributed by atoms with Gasteiger partial charge < -0.3 is 9.30 Å². The van der Waals surface area contributed by atoms with E-state index >= 15 is 8.78 Å². The molecule has 0 saturated carbocycles. The normalized spacial score (nSPS) is 14.0. The van der Waals surface area contributed by atoms with Crippen molar-refractivity contribution in [3.63, 3.8) is 0 Å². The van der Waals surface area contributed by atoms with Gasteiger partial charge in [0.15, 0.2) is 0 Å². The van der Waals surface area contributed by atoms with Crippen molar-refractivity contribution in [2.45, 2.75) is 55.2 Å². The number of hydrogen-bond acceptors (Lipinski definition) is 2. The zero-order valence-corrected chi connectivity index (χ0v) is 24.6. The van der Waals surface area contributed by atoms with Crippen molar-refractivity contribution in [1.82, 2.24) is 4.57 Å². The van der Waals surface area contributed by atoms with Gasteiger partial charge in [-0.3, -0.25) is 4.79 Å². The molecule has 4 rings (SSSR count). The number of carbonyl (C=O) groups is 1. The van der Waals surface area contributed by atoms with E-state index in [4.69, 9.17) is 4.74 Å². The molecule has 1 heterocycles. The minimum absolute atomic E-state index is 0.133. The molecule has 0 N–H and O–H groups in total. The Labute approximate surface area is 265 Å². The van der Waals surface area contributed by atoms with E-state index in [-0.39, 0.29) is 23.4 Å². The molecule has 0 aliphatic carbocycles. The first-order valence-corrected chi connectivity index (χ1v) is 13.5. The van der Waals surface area contributed by atoms with Gasteiger partial charge in [0.25, 0.3) is 0 Å².